The normalized spacial score (nSPS) is 10.7. The molecule has 34 heavy (non-hydrogen) atoms. The summed E-state index contributed by atoms with van der Waals surface area (Å²) in [5.74, 6) is 1.40. The van der Waals surface area contributed by atoms with E-state index in [-0.39, 0.29) is 18.3 Å². The van der Waals surface area contributed by atoms with E-state index >= 15 is 0 Å². The van der Waals surface area contributed by atoms with Gasteiger partial charge >= 0.3 is 0 Å². The number of carbonyl (C=O) groups excluding carboxylic acids is 1. The average molecular weight is 479 g/mol. The highest BCUT2D eigenvalue weighted by Gasteiger charge is 2.17. The van der Waals surface area contributed by atoms with E-state index in [0.717, 1.165) is 22.7 Å². The van der Waals surface area contributed by atoms with Gasteiger partial charge < -0.3 is 14.8 Å². The lowest BCUT2D eigenvalue weighted by Crippen LogP contribution is -2.15. The Morgan fingerprint density at radius 2 is 1.76 bits per heavy atom. The van der Waals surface area contributed by atoms with E-state index in [4.69, 9.17) is 9.47 Å². The van der Waals surface area contributed by atoms with Crippen molar-refractivity contribution in [3.63, 3.8) is 0 Å². The van der Waals surface area contributed by atoms with E-state index in [1.165, 1.54) is 23.9 Å². The fourth-order valence-electron chi connectivity index (χ4n) is 3.15. The highest BCUT2D eigenvalue weighted by Crippen LogP contribution is 2.25. The molecule has 0 spiro atoms. The smallest absolute Gasteiger partial charge is 0.234 e. The number of thioether (sulfide) groups is 1. The van der Waals surface area contributed by atoms with Crippen molar-refractivity contribution in [2.75, 3.05) is 18.2 Å². The fourth-order valence-corrected chi connectivity index (χ4v) is 3.92. The Morgan fingerprint density at radius 1 is 1.03 bits per heavy atom. The third-order valence-corrected chi connectivity index (χ3v) is 5.79. The fraction of sp³-hybridized carbons (Fsp3) is 0.160. The molecular formula is C25H23FN4O3S. The minimum atomic E-state index is -0.414. The number of benzene rings is 3. The number of nitrogens with one attached hydrogen (secondary N) is 1. The van der Waals surface area contributed by atoms with Gasteiger partial charge in [-0.05, 0) is 61.5 Å². The molecule has 0 aliphatic carbocycles. The van der Waals surface area contributed by atoms with Gasteiger partial charge in [0.15, 0.2) is 11.0 Å². The Labute approximate surface area is 200 Å². The Kier molecular flexibility index (Phi) is 7.44. The van der Waals surface area contributed by atoms with Gasteiger partial charge in [-0.2, -0.15) is 0 Å². The van der Waals surface area contributed by atoms with Gasteiger partial charge in [0, 0.05) is 11.4 Å². The van der Waals surface area contributed by atoms with Gasteiger partial charge in [0.25, 0.3) is 0 Å². The van der Waals surface area contributed by atoms with Crippen LogP contribution < -0.4 is 14.8 Å². The predicted octanol–water partition coefficient (Wildman–Crippen LogP) is 5.03. The molecule has 0 aliphatic rings. The number of rotatable bonds is 9. The first-order valence-electron chi connectivity index (χ1n) is 10.5. The number of aromatic nitrogens is 3. The van der Waals surface area contributed by atoms with Crippen LogP contribution in [0.2, 0.25) is 0 Å². The van der Waals surface area contributed by atoms with Crippen molar-refractivity contribution in [1.29, 1.82) is 0 Å². The van der Waals surface area contributed by atoms with Crippen molar-refractivity contribution in [3.8, 4) is 17.2 Å². The number of aryl methyl sites for hydroxylation is 1. The van der Waals surface area contributed by atoms with Crippen molar-refractivity contribution in [1.82, 2.24) is 14.8 Å². The average Bonchev–Trinajstić information content (AvgIpc) is 3.25. The highest BCUT2D eigenvalue weighted by atomic mass is 32.2. The first-order chi connectivity index (χ1) is 16.5. The quantitative estimate of drug-likeness (QED) is 0.340. The van der Waals surface area contributed by atoms with Gasteiger partial charge in [-0.1, -0.05) is 35.5 Å². The first-order valence-corrected chi connectivity index (χ1v) is 11.5. The summed E-state index contributed by atoms with van der Waals surface area (Å²) in [4.78, 5) is 12.4. The van der Waals surface area contributed by atoms with Crippen LogP contribution in [0.5, 0.6) is 11.5 Å². The van der Waals surface area contributed by atoms with Crippen LogP contribution in [0.4, 0.5) is 10.1 Å². The second-order valence-electron chi connectivity index (χ2n) is 7.38. The number of halogens is 1. The third-order valence-electron chi connectivity index (χ3n) is 4.86. The Balaban J connectivity index is 1.52. The van der Waals surface area contributed by atoms with E-state index in [0.29, 0.717) is 16.7 Å². The number of hydrogen-bond acceptors (Lipinski definition) is 6. The number of amides is 1. The van der Waals surface area contributed by atoms with Gasteiger partial charge in [-0.15, -0.1) is 10.2 Å². The maximum absolute atomic E-state index is 13.4. The van der Waals surface area contributed by atoms with Gasteiger partial charge in [0.05, 0.1) is 12.9 Å². The minimum Gasteiger partial charge on any atom is -0.497 e. The number of methoxy groups -OCH3 is 1. The Morgan fingerprint density at radius 3 is 2.47 bits per heavy atom. The van der Waals surface area contributed by atoms with Crippen LogP contribution in [0.1, 0.15) is 11.4 Å². The zero-order valence-corrected chi connectivity index (χ0v) is 19.5. The number of anilines is 1. The van der Waals surface area contributed by atoms with Crippen LogP contribution >= 0.6 is 11.8 Å². The summed E-state index contributed by atoms with van der Waals surface area (Å²) >= 11 is 1.22. The standard InChI is InChI=1S/C25H23FN4O3S/c1-17-6-10-22(11-7-17)33-15-23-28-29-25(30(23)20-8-12-21(32-2)13-9-20)34-16-24(31)27-19-5-3-4-18(26)14-19/h3-14H,15-16H2,1-2H3,(H,27,31). The summed E-state index contributed by atoms with van der Waals surface area (Å²) < 4.78 is 26.4. The third kappa shape index (κ3) is 5.93. The summed E-state index contributed by atoms with van der Waals surface area (Å²) in [6.45, 7) is 2.20. The van der Waals surface area contributed by atoms with E-state index in [1.54, 1.807) is 19.2 Å². The summed E-state index contributed by atoms with van der Waals surface area (Å²) in [6, 6.07) is 20.9. The molecule has 0 atom stereocenters. The summed E-state index contributed by atoms with van der Waals surface area (Å²) in [5, 5.41) is 11.8. The van der Waals surface area contributed by atoms with Crippen LogP contribution in [0.25, 0.3) is 5.69 Å². The molecule has 1 amide bonds. The van der Waals surface area contributed by atoms with E-state index in [2.05, 4.69) is 15.5 Å². The molecule has 1 aromatic heterocycles. The van der Waals surface area contributed by atoms with E-state index < -0.39 is 5.82 Å². The van der Waals surface area contributed by atoms with E-state index in [9.17, 15) is 9.18 Å². The second kappa shape index (κ2) is 10.8. The molecule has 174 valence electrons. The topological polar surface area (TPSA) is 78.3 Å². The zero-order chi connectivity index (χ0) is 23.9. The molecule has 4 rings (SSSR count). The number of carbonyl (C=O) groups is 1. The van der Waals surface area contributed by atoms with Crippen molar-refractivity contribution in [3.05, 3.63) is 90.0 Å². The van der Waals surface area contributed by atoms with E-state index in [1.807, 2.05) is 60.0 Å². The van der Waals surface area contributed by atoms with Gasteiger partial charge in [0.1, 0.15) is 23.9 Å². The maximum atomic E-state index is 13.4. The lowest BCUT2D eigenvalue weighted by Gasteiger charge is -2.12. The molecule has 1 N–H and O–H groups in total. The molecule has 0 saturated carbocycles. The molecule has 0 fully saturated rings. The molecule has 0 radical (unpaired) electrons. The largest absolute Gasteiger partial charge is 0.497 e. The molecule has 3 aromatic carbocycles. The van der Waals surface area contributed by atoms with Gasteiger partial charge in [0.2, 0.25) is 5.91 Å². The molecule has 7 nitrogen and oxygen atoms in total. The summed E-state index contributed by atoms with van der Waals surface area (Å²) in [7, 11) is 1.60. The lowest BCUT2D eigenvalue weighted by molar-refractivity contribution is -0.113. The molecule has 0 saturated heterocycles. The van der Waals surface area contributed by atoms with Gasteiger partial charge in [-0.25, -0.2) is 4.39 Å². The van der Waals surface area contributed by atoms with Crippen molar-refractivity contribution in [2.45, 2.75) is 18.7 Å². The summed E-state index contributed by atoms with van der Waals surface area (Å²) in [5.41, 5.74) is 2.35. The summed E-state index contributed by atoms with van der Waals surface area (Å²) in [6.07, 6.45) is 0. The van der Waals surface area contributed by atoms with Crippen LogP contribution in [-0.2, 0) is 11.4 Å². The number of hydrogen-bond donors (Lipinski definition) is 1. The zero-order valence-electron chi connectivity index (χ0n) is 18.7. The molecule has 4 aromatic rings. The highest BCUT2D eigenvalue weighted by molar-refractivity contribution is 7.99. The first kappa shape index (κ1) is 23.3. The molecule has 0 bridgehead atoms. The predicted molar refractivity (Wildman–Crippen MR) is 129 cm³/mol. The monoisotopic (exact) mass is 478 g/mol. The lowest BCUT2D eigenvalue weighted by atomic mass is 10.2. The molecule has 0 unspecified atom stereocenters. The number of ether oxygens (including phenoxy) is 2. The van der Waals surface area contributed by atoms with Gasteiger partial charge in [-0.3, -0.25) is 9.36 Å². The Hall–Kier alpha value is -3.85. The number of nitrogens with zero attached hydrogens (tertiary/aromatic N) is 3. The molecule has 9 heteroatoms. The van der Waals surface area contributed by atoms with Crippen molar-refractivity contribution >= 4 is 23.4 Å². The van der Waals surface area contributed by atoms with Crippen LogP contribution in [0.15, 0.2) is 78.0 Å². The van der Waals surface area contributed by atoms with Crippen molar-refractivity contribution < 1.29 is 18.7 Å². The SMILES string of the molecule is COc1ccc(-n2c(COc3ccc(C)cc3)nnc2SCC(=O)Nc2cccc(F)c2)cc1. The molecule has 1 heterocycles. The minimum absolute atomic E-state index is 0.0730. The van der Waals surface area contributed by atoms with Crippen LogP contribution in [0.3, 0.4) is 0 Å². The maximum Gasteiger partial charge on any atom is 0.234 e. The van der Waals surface area contributed by atoms with Crippen LogP contribution in [0, 0.1) is 12.7 Å². The van der Waals surface area contributed by atoms with Crippen molar-refractivity contribution in [2.24, 2.45) is 0 Å². The van der Waals surface area contributed by atoms with Crippen LogP contribution in [-0.4, -0.2) is 33.5 Å². The Bertz CT molecular complexity index is 1260. The molecular weight excluding hydrogens is 455 g/mol. The second-order valence-corrected chi connectivity index (χ2v) is 8.32. The molecule has 0 aliphatic heterocycles.